The lowest BCUT2D eigenvalue weighted by Gasteiger charge is -2.31. The second-order valence-corrected chi connectivity index (χ2v) is 38.7. The van der Waals surface area contributed by atoms with Gasteiger partial charge in [-0.2, -0.15) is 0 Å². The molecule has 12 aromatic carbocycles. The number of hydrogen-bond donors (Lipinski definition) is 0. The van der Waals surface area contributed by atoms with Crippen molar-refractivity contribution in [3.63, 3.8) is 0 Å². The number of terminal acetylenes is 6. The number of rotatable bonds is 0. The number of benzene rings is 12. The molecule has 1 unspecified atom stereocenters. The van der Waals surface area contributed by atoms with Crippen molar-refractivity contribution >= 4 is 0 Å². The molecule has 0 saturated heterocycles. The van der Waals surface area contributed by atoms with Gasteiger partial charge in [0.15, 0.2) is 138 Å². The highest BCUT2D eigenvalue weighted by Gasteiger charge is 2.61. The highest BCUT2D eigenvalue weighted by molar-refractivity contribution is 5.75. The van der Waals surface area contributed by atoms with E-state index < -0.39 is 0 Å². The summed E-state index contributed by atoms with van der Waals surface area (Å²) in [5.74, 6) is 32.6. The summed E-state index contributed by atoms with van der Waals surface area (Å²) in [7, 11) is 0. The van der Waals surface area contributed by atoms with Crippen LogP contribution in [0.5, 0.6) is 138 Å². The lowest BCUT2D eigenvalue weighted by atomic mass is 9.72. The van der Waals surface area contributed by atoms with Crippen LogP contribution in [0.2, 0.25) is 0 Å². The van der Waals surface area contributed by atoms with Crippen LogP contribution < -0.4 is 56.8 Å². The SMILES string of the molecule is C#Cc1ccc2c(c1)Oc1cc3c(cc1O2)C(C)(C)CC31CC(C)(C)c2cc3c(cc21)Oc1cc(C#C)ccc1O3.C#Cc1ccc2c(c1)Oc1cc3c(cc1O2)C1(CC3(C)C)CC(C)(C)c2cc3c(cc21)Oc1cc(C#C)ccc1O3.C#Cc1ccc2c(c1)Oc1cc3c(cc1O2)C1(CC3(C)C)CC(C)(C)c2cc3c(cc21)Oc1ccc(C#C)cc1O3. The molecule has 12 aromatic rings. The van der Waals surface area contributed by atoms with Gasteiger partial charge in [-0.3, -0.25) is 0 Å². The van der Waals surface area contributed by atoms with E-state index in [4.69, 9.17) is 95.4 Å². The van der Waals surface area contributed by atoms with Crippen molar-refractivity contribution in [3.8, 4) is 212 Å². The molecule has 0 aromatic heterocycles. The molecule has 6 aliphatic carbocycles. The van der Waals surface area contributed by atoms with Crippen molar-refractivity contribution in [2.75, 3.05) is 0 Å². The lowest BCUT2D eigenvalue weighted by Crippen LogP contribution is -2.27. The van der Waals surface area contributed by atoms with Crippen molar-refractivity contribution in [3.05, 3.63) is 282 Å². The van der Waals surface area contributed by atoms with E-state index in [0.717, 1.165) is 124 Å². The Morgan fingerprint density at radius 2 is 0.276 bits per heavy atom. The van der Waals surface area contributed by atoms with E-state index in [1.165, 1.54) is 66.8 Å². The third kappa shape index (κ3) is 11.2. The quantitative estimate of drug-likeness (QED) is 0.135. The molecule has 0 saturated carbocycles. The molecule has 6 heterocycles. The summed E-state index contributed by atoms with van der Waals surface area (Å²) in [6.07, 6.45) is 39.6. The second kappa shape index (κ2) is 25.4. The van der Waals surface area contributed by atoms with Crippen LogP contribution in [0.1, 0.15) is 222 Å². The van der Waals surface area contributed by atoms with Crippen LogP contribution >= 0.6 is 0 Å². The molecule has 0 fully saturated rings. The van der Waals surface area contributed by atoms with Crippen LogP contribution in [0.15, 0.2) is 182 Å². The van der Waals surface area contributed by atoms with Crippen molar-refractivity contribution in [2.45, 2.75) is 170 Å². The molecule has 0 amide bonds. The Hall–Kier alpha value is -14.4. The number of hydrogen-bond acceptors (Lipinski definition) is 12. The molecule has 12 aliphatic rings. The molecule has 12 nitrogen and oxygen atoms in total. The molecule has 6 aliphatic heterocycles. The maximum absolute atomic E-state index is 6.43. The Bertz CT molecular complexity index is 6850. The first-order valence-corrected chi connectivity index (χ1v) is 41.7. The Balaban J connectivity index is 0.000000110. The summed E-state index contributed by atoms with van der Waals surface area (Å²) < 4.78 is 76.6. The summed E-state index contributed by atoms with van der Waals surface area (Å²) in [5, 5.41) is 0. The third-order valence-corrected chi connectivity index (χ3v) is 27.7. The fraction of sp³-hybridized carbons (Fsp3) is 0.243. The first-order valence-electron chi connectivity index (χ1n) is 41.7. The Labute approximate surface area is 717 Å². The zero-order chi connectivity index (χ0) is 84.9. The summed E-state index contributed by atoms with van der Waals surface area (Å²) in [6.45, 7) is 27.9. The number of ether oxygens (including phenoxy) is 12. The molecule has 0 radical (unpaired) electrons. The Morgan fingerprint density at radius 3 is 0.407 bits per heavy atom. The molecule has 24 rings (SSSR count). The normalized spacial score (nSPS) is 19.2. The van der Waals surface area contributed by atoms with Gasteiger partial charge in [0, 0.05) is 86.0 Å². The van der Waals surface area contributed by atoms with Crippen molar-refractivity contribution in [2.24, 2.45) is 0 Å². The summed E-state index contributed by atoms with van der Waals surface area (Å²) in [6, 6.07) is 59.9. The van der Waals surface area contributed by atoms with E-state index in [1.807, 2.05) is 109 Å². The highest BCUT2D eigenvalue weighted by Crippen LogP contribution is 2.71. The van der Waals surface area contributed by atoms with Crippen LogP contribution in [-0.4, -0.2) is 0 Å². The van der Waals surface area contributed by atoms with Gasteiger partial charge in [0.25, 0.3) is 0 Å². The Morgan fingerprint density at radius 1 is 0.163 bits per heavy atom. The minimum atomic E-state index is -0.226. The fourth-order valence-electron chi connectivity index (χ4n) is 22.9. The van der Waals surface area contributed by atoms with E-state index >= 15 is 0 Å². The molecule has 0 N–H and O–H groups in total. The highest BCUT2D eigenvalue weighted by atomic mass is 16.6. The van der Waals surface area contributed by atoms with Gasteiger partial charge in [-0.05, 0) is 283 Å². The van der Waals surface area contributed by atoms with E-state index in [-0.39, 0.29) is 48.7 Å². The van der Waals surface area contributed by atoms with Crippen LogP contribution in [-0.2, 0) is 48.7 Å². The minimum Gasteiger partial charge on any atom is -0.450 e. The molecule has 600 valence electrons. The predicted molar refractivity (Wildman–Crippen MR) is 474 cm³/mol. The Kier molecular flexibility index (Phi) is 15.4. The molecule has 12 heteroatoms. The van der Waals surface area contributed by atoms with E-state index in [2.05, 4.69) is 191 Å². The third-order valence-electron chi connectivity index (χ3n) is 27.7. The van der Waals surface area contributed by atoms with Crippen molar-refractivity contribution < 1.29 is 56.8 Å². The summed E-state index contributed by atoms with van der Waals surface area (Å²) in [5.41, 5.74) is 18.8. The molecule has 1 atom stereocenters. The maximum atomic E-state index is 6.43. The van der Waals surface area contributed by atoms with Crippen LogP contribution in [0.4, 0.5) is 0 Å². The number of fused-ring (bicyclic) bond motifs is 24. The van der Waals surface area contributed by atoms with Crippen molar-refractivity contribution in [1.29, 1.82) is 0 Å². The minimum absolute atomic E-state index is 0.0789. The monoisotopic (exact) mass is 1610 g/mol. The van der Waals surface area contributed by atoms with Gasteiger partial charge in [0.1, 0.15) is 0 Å². The first kappa shape index (κ1) is 74.9. The standard InChI is InChI=1S/3C37H28O4/c1-7-21-10-12-28-29(13-21)40-32-16-24-25(17-33(32)39-28)37(20-36(24,5)6)19-35(3,4)23-15-31-34(18-26(23)37)41-30-14-22(8-2)9-11-27(30)38-31;1-7-21-9-11-27-29(13-21)40-31-15-23-25(17-33(31)38-27)37(19-35(23,3)4)20-36(5,6)24-16-32-34(18-26(24)37)39-28-12-10-22(8-2)14-30(28)41-32;1-7-21-9-11-27-29(13-21)40-33-17-25-23(15-31(33)38-27)35(3,4)19-37(25)20-36(5,6)24-16-32-34(18-26(24)37)41-30-14-22(8-2)10-12-28(30)39-32/h3*1-2,9-18H,19-20H2,3-6H3. The molecule has 0 bridgehead atoms. The zero-order valence-corrected chi connectivity index (χ0v) is 70.4. The second-order valence-electron chi connectivity index (χ2n) is 38.7. The van der Waals surface area contributed by atoms with Gasteiger partial charge in [0.05, 0.1) is 0 Å². The maximum Gasteiger partial charge on any atom is 0.171 e. The van der Waals surface area contributed by atoms with Gasteiger partial charge in [0.2, 0.25) is 0 Å². The topological polar surface area (TPSA) is 111 Å². The van der Waals surface area contributed by atoms with E-state index in [9.17, 15) is 0 Å². The first-order chi connectivity index (χ1) is 58.8. The smallest absolute Gasteiger partial charge is 0.171 e. The van der Waals surface area contributed by atoms with Crippen LogP contribution in [0.25, 0.3) is 0 Å². The van der Waals surface area contributed by atoms with Gasteiger partial charge >= 0.3 is 0 Å². The summed E-state index contributed by atoms with van der Waals surface area (Å²) >= 11 is 0. The van der Waals surface area contributed by atoms with Crippen LogP contribution in [0, 0.1) is 74.1 Å². The molecule has 3 spiro atoms. The fourth-order valence-corrected chi connectivity index (χ4v) is 22.9. The van der Waals surface area contributed by atoms with Gasteiger partial charge in [-0.1, -0.05) is 119 Å². The van der Waals surface area contributed by atoms with E-state index in [1.54, 1.807) is 0 Å². The van der Waals surface area contributed by atoms with Crippen LogP contribution in [0.3, 0.4) is 0 Å². The average Bonchev–Trinajstić information content (AvgIpc) is 1.53. The average molecular weight is 1610 g/mol. The van der Waals surface area contributed by atoms with Gasteiger partial charge in [-0.15, -0.1) is 38.5 Å². The predicted octanol–water partition coefficient (Wildman–Crippen LogP) is 27.3. The van der Waals surface area contributed by atoms with Gasteiger partial charge < -0.3 is 56.8 Å². The van der Waals surface area contributed by atoms with Gasteiger partial charge in [-0.25, -0.2) is 0 Å². The largest absolute Gasteiger partial charge is 0.450 e. The lowest BCUT2D eigenvalue weighted by molar-refractivity contribution is 0.347. The molecular formula is C111H84O12. The zero-order valence-electron chi connectivity index (χ0n) is 70.4. The molecular weight excluding hydrogens is 1530 g/mol. The molecule has 123 heavy (non-hydrogen) atoms. The summed E-state index contributed by atoms with van der Waals surface area (Å²) in [4.78, 5) is 0. The van der Waals surface area contributed by atoms with Crippen molar-refractivity contribution in [1.82, 2.24) is 0 Å². The van der Waals surface area contributed by atoms with E-state index in [0.29, 0.717) is 86.2 Å².